The number of anilines is 1. The number of rotatable bonds is 4. The molecule has 120 valence electrons. The van der Waals surface area contributed by atoms with Gasteiger partial charge in [-0.1, -0.05) is 12.1 Å². The van der Waals surface area contributed by atoms with Crippen LogP contribution in [0.1, 0.15) is 12.8 Å². The number of nitrogens with one attached hydrogen (secondary N) is 3. The summed E-state index contributed by atoms with van der Waals surface area (Å²) in [6.07, 6.45) is 2.57. The van der Waals surface area contributed by atoms with Crippen LogP contribution >= 0.6 is 0 Å². The van der Waals surface area contributed by atoms with E-state index in [1.807, 2.05) is 0 Å². The van der Waals surface area contributed by atoms with Crippen molar-refractivity contribution in [2.24, 2.45) is 5.92 Å². The third-order valence-corrected chi connectivity index (χ3v) is 3.59. The van der Waals surface area contributed by atoms with Gasteiger partial charge in [0.1, 0.15) is 17.4 Å². The lowest BCUT2D eigenvalue weighted by atomic mass is 9.97. The molecule has 0 saturated carbocycles. The SMILES string of the molecule is N#C/C(=C/NC(=O)C1CCNCC1)C(=O)Nc1ccccc1O. The van der Waals surface area contributed by atoms with Gasteiger partial charge >= 0.3 is 0 Å². The third kappa shape index (κ3) is 4.56. The molecule has 0 radical (unpaired) electrons. The van der Waals surface area contributed by atoms with Crippen molar-refractivity contribution >= 4 is 17.5 Å². The summed E-state index contributed by atoms with van der Waals surface area (Å²) in [5.74, 6) is -1.11. The molecule has 0 bridgehead atoms. The predicted molar refractivity (Wildman–Crippen MR) is 84.2 cm³/mol. The van der Waals surface area contributed by atoms with Crippen molar-refractivity contribution < 1.29 is 14.7 Å². The second-order valence-corrected chi connectivity index (χ2v) is 5.17. The highest BCUT2D eigenvalue weighted by atomic mass is 16.3. The summed E-state index contributed by atoms with van der Waals surface area (Å²) >= 11 is 0. The average molecular weight is 314 g/mol. The highest BCUT2D eigenvalue weighted by Crippen LogP contribution is 2.21. The van der Waals surface area contributed by atoms with Gasteiger partial charge in [0.15, 0.2) is 0 Å². The first-order valence-corrected chi connectivity index (χ1v) is 7.32. The molecular weight excluding hydrogens is 296 g/mol. The number of aromatic hydroxyl groups is 1. The Labute approximate surface area is 134 Å². The van der Waals surface area contributed by atoms with E-state index in [0.29, 0.717) is 0 Å². The summed E-state index contributed by atoms with van der Waals surface area (Å²) < 4.78 is 0. The van der Waals surface area contributed by atoms with Gasteiger partial charge in [-0.3, -0.25) is 9.59 Å². The lowest BCUT2D eigenvalue weighted by molar-refractivity contribution is -0.124. The van der Waals surface area contributed by atoms with Gasteiger partial charge in [0.05, 0.1) is 5.69 Å². The normalized spacial score (nSPS) is 15.5. The van der Waals surface area contributed by atoms with Crippen LogP contribution in [0, 0.1) is 17.2 Å². The van der Waals surface area contributed by atoms with Crippen molar-refractivity contribution in [2.75, 3.05) is 18.4 Å². The van der Waals surface area contributed by atoms with E-state index in [2.05, 4.69) is 16.0 Å². The van der Waals surface area contributed by atoms with Gasteiger partial charge in [0.25, 0.3) is 5.91 Å². The van der Waals surface area contributed by atoms with Gasteiger partial charge in [-0.25, -0.2) is 0 Å². The number of phenolic OH excluding ortho intramolecular Hbond substituents is 1. The van der Waals surface area contributed by atoms with Crippen LogP contribution in [0.5, 0.6) is 5.75 Å². The maximum absolute atomic E-state index is 12.0. The maximum atomic E-state index is 12.0. The Kier molecular flexibility index (Phi) is 5.72. The topological polar surface area (TPSA) is 114 Å². The number of amides is 2. The number of carbonyl (C=O) groups is 2. The summed E-state index contributed by atoms with van der Waals surface area (Å²) in [5.41, 5.74) is -0.0427. The number of phenols is 1. The number of nitriles is 1. The second kappa shape index (κ2) is 7.96. The Morgan fingerprint density at radius 1 is 1.30 bits per heavy atom. The molecule has 23 heavy (non-hydrogen) atoms. The highest BCUT2D eigenvalue weighted by molar-refractivity contribution is 6.07. The Morgan fingerprint density at radius 3 is 2.65 bits per heavy atom. The number of carbonyl (C=O) groups excluding carboxylic acids is 2. The standard InChI is InChI=1S/C16H18N4O3/c17-9-12(10-19-15(22)11-5-7-18-8-6-11)16(23)20-13-3-1-2-4-14(13)21/h1-4,10-11,18,21H,5-8H2,(H,19,22)(H,20,23)/b12-10-. The lowest BCUT2D eigenvalue weighted by Gasteiger charge is -2.20. The van der Waals surface area contributed by atoms with Gasteiger partial charge in [0, 0.05) is 12.1 Å². The number of hydrogen-bond donors (Lipinski definition) is 4. The minimum absolute atomic E-state index is 0.100. The quantitative estimate of drug-likeness (QED) is 0.374. The Balaban J connectivity index is 1.98. The molecule has 1 aliphatic heterocycles. The Bertz CT molecular complexity index is 658. The van der Waals surface area contributed by atoms with E-state index in [0.717, 1.165) is 32.1 Å². The summed E-state index contributed by atoms with van der Waals surface area (Å²) in [6, 6.07) is 7.93. The zero-order valence-electron chi connectivity index (χ0n) is 12.5. The minimum Gasteiger partial charge on any atom is -0.506 e. The first-order chi connectivity index (χ1) is 11.1. The minimum atomic E-state index is -0.695. The van der Waals surface area contributed by atoms with Crippen LogP contribution in [0.3, 0.4) is 0 Å². The van der Waals surface area contributed by atoms with Crippen molar-refractivity contribution in [2.45, 2.75) is 12.8 Å². The van der Waals surface area contributed by atoms with E-state index in [4.69, 9.17) is 5.26 Å². The fourth-order valence-electron chi connectivity index (χ4n) is 2.26. The molecule has 0 spiro atoms. The van der Waals surface area contributed by atoms with Crippen LogP contribution in [-0.4, -0.2) is 30.0 Å². The van der Waals surface area contributed by atoms with Crippen molar-refractivity contribution in [1.82, 2.24) is 10.6 Å². The van der Waals surface area contributed by atoms with E-state index in [1.54, 1.807) is 18.2 Å². The maximum Gasteiger partial charge on any atom is 0.267 e. The van der Waals surface area contributed by atoms with E-state index < -0.39 is 5.91 Å². The number of hydrogen-bond acceptors (Lipinski definition) is 5. The Hall–Kier alpha value is -2.85. The van der Waals surface area contributed by atoms with Crippen LogP contribution in [0.15, 0.2) is 36.0 Å². The molecule has 4 N–H and O–H groups in total. The van der Waals surface area contributed by atoms with Gasteiger partial charge in [0.2, 0.25) is 5.91 Å². The molecule has 7 nitrogen and oxygen atoms in total. The molecule has 1 aliphatic rings. The molecule has 1 aromatic rings. The van der Waals surface area contributed by atoms with Gasteiger partial charge < -0.3 is 21.1 Å². The molecule has 7 heteroatoms. The van der Waals surface area contributed by atoms with Crippen molar-refractivity contribution in [1.29, 1.82) is 5.26 Å². The first kappa shape index (κ1) is 16.5. The van der Waals surface area contributed by atoms with Gasteiger partial charge in [-0.15, -0.1) is 0 Å². The monoisotopic (exact) mass is 314 g/mol. The molecule has 0 atom stereocenters. The number of para-hydroxylation sites is 2. The van der Waals surface area contributed by atoms with Crippen LogP contribution < -0.4 is 16.0 Å². The van der Waals surface area contributed by atoms with Crippen molar-refractivity contribution in [3.05, 3.63) is 36.0 Å². The Morgan fingerprint density at radius 2 is 2.00 bits per heavy atom. The molecule has 1 heterocycles. The molecule has 1 saturated heterocycles. The summed E-state index contributed by atoms with van der Waals surface area (Å²) in [5, 5.41) is 26.8. The molecular formula is C16H18N4O3. The predicted octanol–water partition coefficient (Wildman–Crippen LogP) is 0.854. The largest absolute Gasteiger partial charge is 0.506 e. The number of nitrogens with zero attached hydrogens (tertiary/aromatic N) is 1. The van der Waals surface area contributed by atoms with E-state index in [-0.39, 0.29) is 28.8 Å². The fourth-order valence-corrected chi connectivity index (χ4v) is 2.26. The van der Waals surface area contributed by atoms with E-state index in [1.165, 1.54) is 12.1 Å². The summed E-state index contributed by atoms with van der Waals surface area (Å²) in [4.78, 5) is 24.0. The molecule has 0 aliphatic carbocycles. The molecule has 0 unspecified atom stereocenters. The molecule has 2 rings (SSSR count). The second-order valence-electron chi connectivity index (χ2n) is 5.17. The van der Waals surface area contributed by atoms with Gasteiger partial charge in [-0.05, 0) is 38.1 Å². The van der Waals surface area contributed by atoms with Crippen LogP contribution in [0.4, 0.5) is 5.69 Å². The first-order valence-electron chi connectivity index (χ1n) is 7.32. The van der Waals surface area contributed by atoms with Crippen LogP contribution in [-0.2, 0) is 9.59 Å². The lowest BCUT2D eigenvalue weighted by Crippen LogP contribution is -2.36. The van der Waals surface area contributed by atoms with Gasteiger partial charge in [-0.2, -0.15) is 5.26 Å². The number of benzene rings is 1. The fraction of sp³-hybridized carbons (Fsp3) is 0.312. The molecule has 2 amide bonds. The summed E-state index contributed by atoms with van der Waals surface area (Å²) in [7, 11) is 0. The average Bonchev–Trinajstić information content (AvgIpc) is 2.58. The molecule has 1 fully saturated rings. The summed E-state index contributed by atoms with van der Waals surface area (Å²) in [6.45, 7) is 1.56. The van der Waals surface area contributed by atoms with Crippen LogP contribution in [0.2, 0.25) is 0 Å². The van der Waals surface area contributed by atoms with E-state index >= 15 is 0 Å². The van der Waals surface area contributed by atoms with Crippen molar-refractivity contribution in [3.8, 4) is 11.8 Å². The smallest absolute Gasteiger partial charge is 0.267 e. The molecule has 1 aromatic carbocycles. The molecule has 0 aromatic heterocycles. The van der Waals surface area contributed by atoms with Crippen LogP contribution in [0.25, 0.3) is 0 Å². The van der Waals surface area contributed by atoms with Crippen molar-refractivity contribution in [3.63, 3.8) is 0 Å². The van der Waals surface area contributed by atoms with E-state index in [9.17, 15) is 14.7 Å². The zero-order valence-corrected chi connectivity index (χ0v) is 12.5. The number of piperidine rings is 1. The third-order valence-electron chi connectivity index (χ3n) is 3.59. The zero-order chi connectivity index (χ0) is 16.7. The highest BCUT2D eigenvalue weighted by Gasteiger charge is 2.20.